The van der Waals surface area contributed by atoms with Gasteiger partial charge in [0.25, 0.3) is 5.91 Å². The van der Waals surface area contributed by atoms with Crippen LogP contribution in [-0.2, 0) is 16.6 Å². The molecule has 0 aliphatic carbocycles. The molecular weight excluding hydrogens is 598 g/mol. The molecule has 10 heteroatoms. The number of amides is 1. The summed E-state index contributed by atoms with van der Waals surface area (Å²) in [6.45, 7) is 12.4. The molecule has 3 aromatic rings. The second-order valence-corrected chi connectivity index (χ2v) is 14.7. The van der Waals surface area contributed by atoms with E-state index in [0.29, 0.717) is 42.8 Å². The Morgan fingerprint density at radius 2 is 1.70 bits per heavy atom. The van der Waals surface area contributed by atoms with Crippen LogP contribution in [0.4, 0.5) is 5.69 Å². The number of likely N-dealkylation sites (tertiary alicyclic amines) is 1. The molecule has 0 spiro atoms. The summed E-state index contributed by atoms with van der Waals surface area (Å²) in [6, 6.07) is 14.5. The lowest BCUT2D eigenvalue weighted by molar-refractivity contribution is 0.0943. The SMILES string of the molecule is COc1ccc(N(Cc2cnccc2C)C2CCN(C(C)CCNC(=O)c3c(C)ccc(S(=O)(=O)N4CCCC4)c3C)CC2)cc1. The number of nitrogens with one attached hydrogen (secondary N) is 1. The van der Waals surface area contributed by atoms with Gasteiger partial charge in [0.1, 0.15) is 5.75 Å². The molecule has 0 bridgehead atoms. The number of sulfonamides is 1. The van der Waals surface area contributed by atoms with Crippen molar-refractivity contribution in [2.75, 3.05) is 44.7 Å². The highest BCUT2D eigenvalue weighted by molar-refractivity contribution is 7.89. The van der Waals surface area contributed by atoms with Gasteiger partial charge in [0.05, 0.1) is 12.0 Å². The number of hydrogen-bond donors (Lipinski definition) is 1. The fourth-order valence-corrected chi connectivity index (χ4v) is 8.62. The molecule has 46 heavy (non-hydrogen) atoms. The maximum absolute atomic E-state index is 13.4. The number of carbonyl (C=O) groups excluding carboxylic acids is 1. The zero-order valence-corrected chi connectivity index (χ0v) is 28.8. The smallest absolute Gasteiger partial charge is 0.251 e. The van der Waals surface area contributed by atoms with Crippen LogP contribution in [0.25, 0.3) is 0 Å². The fraction of sp³-hybridized carbons (Fsp3) is 0.500. The van der Waals surface area contributed by atoms with Crippen LogP contribution < -0.4 is 15.0 Å². The van der Waals surface area contributed by atoms with Gasteiger partial charge in [0.2, 0.25) is 10.0 Å². The Balaban J connectivity index is 1.18. The zero-order valence-electron chi connectivity index (χ0n) is 28.0. The summed E-state index contributed by atoms with van der Waals surface area (Å²) in [5.41, 5.74) is 5.44. The molecule has 1 N–H and O–H groups in total. The summed E-state index contributed by atoms with van der Waals surface area (Å²) in [7, 11) is -1.92. The van der Waals surface area contributed by atoms with Gasteiger partial charge in [-0.15, -0.1) is 0 Å². The lowest BCUT2D eigenvalue weighted by Gasteiger charge is -2.42. The third-order valence-corrected chi connectivity index (χ3v) is 11.9. The van der Waals surface area contributed by atoms with E-state index in [4.69, 9.17) is 4.74 Å². The van der Waals surface area contributed by atoms with Gasteiger partial charge in [-0.25, -0.2) is 8.42 Å². The number of rotatable bonds is 12. The molecule has 2 aromatic carbocycles. The van der Waals surface area contributed by atoms with Crippen molar-refractivity contribution in [3.63, 3.8) is 0 Å². The average Bonchev–Trinajstić information content (AvgIpc) is 3.61. The van der Waals surface area contributed by atoms with Crippen molar-refractivity contribution in [1.29, 1.82) is 0 Å². The Hall–Kier alpha value is -3.47. The van der Waals surface area contributed by atoms with E-state index in [1.807, 2.05) is 31.5 Å². The quantitative estimate of drug-likeness (QED) is 0.278. The van der Waals surface area contributed by atoms with Crippen molar-refractivity contribution in [1.82, 2.24) is 19.5 Å². The highest BCUT2D eigenvalue weighted by atomic mass is 32.2. The molecule has 5 rings (SSSR count). The first-order valence-corrected chi connectivity index (χ1v) is 18.0. The maximum atomic E-state index is 13.4. The number of benzene rings is 2. The molecular formula is C36H49N5O4S. The number of ether oxygens (including phenoxy) is 1. The summed E-state index contributed by atoms with van der Waals surface area (Å²) >= 11 is 0. The fourth-order valence-electron chi connectivity index (χ4n) is 6.88. The number of aryl methyl sites for hydroxylation is 2. The van der Waals surface area contributed by atoms with E-state index < -0.39 is 10.0 Å². The second kappa shape index (κ2) is 15.0. The zero-order chi connectivity index (χ0) is 32.8. The topological polar surface area (TPSA) is 95.1 Å². The van der Waals surface area contributed by atoms with E-state index in [2.05, 4.69) is 52.1 Å². The van der Waals surface area contributed by atoms with Gasteiger partial charge in [-0.3, -0.25) is 9.78 Å². The number of hydrogen-bond acceptors (Lipinski definition) is 7. The minimum atomic E-state index is -3.61. The third-order valence-electron chi connectivity index (χ3n) is 9.84. The van der Waals surface area contributed by atoms with Gasteiger partial charge in [-0.2, -0.15) is 4.31 Å². The largest absolute Gasteiger partial charge is 0.497 e. The van der Waals surface area contributed by atoms with Crippen LogP contribution in [0, 0.1) is 20.8 Å². The molecule has 1 atom stereocenters. The summed E-state index contributed by atoms with van der Waals surface area (Å²) in [5.74, 6) is 0.641. The molecule has 1 unspecified atom stereocenters. The number of methoxy groups -OCH3 is 1. The van der Waals surface area contributed by atoms with Crippen molar-refractivity contribution >= 4 is 21.6 Å². The van der Waals surface area contributed by atoms with Crippen molar-refractivity contribution in [2.45, 2.75) is 83.3 Å². The van der Waals surface area contributed by atoms with Crippen LogP contribution in [0.15, 0.2) is 59.8 Å². The molecule has 2 aliphatic heterocycles. The van der Waals surface area contributed by atoms with Crippen molar-refractivity contribution in [3.8, 4) is 5.75 Å². The average molecular weight is 648 g/mol. The van der Waals surface area contributed by atoms with E-state index in [-0.39, 0.29) is 10.8 Å². The molecule has 9 nitrogen and oxygen atoms in total. The van der Waals surface area contributed by atoms with Crippen LogP contribution >= 0.6 is 0 Å². The van der Waals surface area contributed by atoms with E-state index in [0.717, 1.165) is 63.1 Å². The van der Waals surface area contributed by atoms with Gasteiger partial charge in [-0.05, 0) is 118 Å². The van der Waals surface area contributed by atoms with Crippen LogP contribution in [0.1, 0.15) is 71.6 Å². The van der Waals surface area contributed by atoms with E-state index in [1.165, 1.54) is 21.1 Å². The standard InChI is InChI=1S/C36H49N5O4S/c1-26-14-18-37-24-30(26)25-41(31-9-11-33(45-5)12-10-31)32-16-22-39(23-17-32)28(3)15-19-38-36(42)35-27(2)8-13-34(29(35)4)46(43,44)40-20-6-7-21-40/h8-14,18,24,28,32H,6-7,15-17,19-23,25H2,1-5H3,(H,38,42). The Morgan fingerprint density at radius 1 is 1.00 bits per heavy atom. The minimum absolute atomic E-state index is 0.208. The molecule has 1 aromatic heterocycles. The molecule has 1 amide bonds. The Kier molecular flexibility index (Phi) is 11.0. The summed E-state index contributed by atoms with van der Waals surface area (Å²) in [6.07, 6.45) is 8.47. The Morgan fingerprint density at radius 3 is 2.35 bits per heavy atom. The molecule has 2 fully saturated rings. The monoisotopic (exact) mass is 647 g/mol. The molecule has 248 valence electrons. The van der Waals surface area contributed by atoms with Gasteiger partial charge in [0, 0.05) is 75.0 Å². The van der Waals surface area contributed by atoms with Crippen molar-refractivity contribution in [2.24, 2.45) is 0 Å². The van der Waals surface area contributed by atoms with Crippen molar-refractivity contribution < 1.29 is 17.9 Å². The van der Waals surface area contributed by atoms with E-state index in [9.17, 15) is 13.2 Å². The summed E-state index contributed by atoms with van der Waals surface area (Å²) in [5, 5.41) is 3.09. The van der Waals surface area contributed by atoms with Crippen LogP contribution in [0.5, 0.6) is 5.75 Å². The van der Waals surface area contributed by atoms with Gasteiger partial charge in [-0.1, -0.05) is 6.07 Å². The lowest BCUT2D eigenvalue weighted by atomic mass is 9.98. The first-order chi connectivity index (χ1) is 22.1. The van der Waals surface area contributed by atoms with Crippen molar-refractivity contribution in [3.05, 3.63) is 82.7 Å². The predicted molar refractivity (Wildman–Crippen MR) is 183 cm³/mol. The van der Waals surface area contributed by atoms with E-state index >= 15 is 0 Å². The van der Waals surface area contributed by atoms with Gasteiger partial charge in [0.15, 0.2) is 0 Å². The minimum Gasteiger partial charge on any atom is -0.497 e. The van der Waals surface area contributed by atoms with Gasteiger partial charge >= 0.3 is 0 Å². The molecule has 2 aliphatic rings. The number of nitrogens with zero attached hydrogens (tertiary/aromatic N) is 4. The normalized spacial score (nSPS) is 17.2. The number of piperidine rings is 1. The lowest BCUT2D eigenvalue weighted by Crippen LogP contribution is -2.48. The number of carbonyl (C=O) groups is 1. The summed E-state index contributed by atoms with van der Waals surface area (Å²) in [4.78, 5) is 23.0. The first-order valence-electron chi connectivity index (χ1n) is 16.5. The highest BCUT2D eigenvalue weighted by Gasteiger charge is 2.31. The Labute approximate surface area is 275 Å². The maximum Gasteiger partial charge on any atom is 0.251 e. The highest BCUT2D eigenvalue weighted by Crippen LogP contribution is 2.30. The molecule has 2 saturated heterocycles. The molecule has 3 heterocycles. The molecule has 0 radical (unpaired) electrons. The number of anilines is 1. The number of aromatic nitrogens is 1. The number of pyridine rings is 1. The first kappa shape index (κ1) is 33.9. The van der Waals surface area contributed by atoms with Crippen LogP contribution in [0.3, 0.4) is 0 Å². The second-order valence-electron chi connectivity index (χ2n) is 12.8. The van der Waals surface area contributed by atoms with Crippen LogP contribution in [0.2, 0.25) is 0 Å². The predicted octanol–water partition coefficient (Wildman–Crippen LogP) is 5.48. The third kappa shape index (κ3) is 7.56. The van der Waals surface area contributed by atoms with Crippen LogP contribution in [-0.4, -0.2) is 80.4 Å². The summed E-state index contributed by atoms with van der Waals surface area (Å²) < 4.78 is 33.5. The van der Waals surface area contributed by atoms with Gasteiger partial charge < -0.3 is 19.9 Å². The Bertz CT molecular complexity index is 1600. The molecule has 0 saturated carbocycles. The van der Waals surface area contributed by atoms with E-state index in [1.54, 1.807) is 26.2 Å².